The summed E-state index contributed by atoms with van der Waals surface area (Å²) in [5.41, 5.74) is 2.14. The summed E-state index contributed by atoms with van der Waals surface area (Å²) < 4.78 is 27.7. The fourth-order valence-corrected chi connectivity index (χ4v) is 4.43. The quantitative estimate of drug-likeness (QED) is 0.683. The molecule has 1 N–H and O–H groups in total. The fourth-order valence-electron chi connectivity index (χ4n) is 2.85. The predicted octanol–water partition coefficient (Wildman–Crippen LogP) is 4.46. The Morgan fingerprint density at radius 2 is 1.79 bits per heavy atom. The van der Waals surface area contributed by atoms with Gasteiger partial charge in [-0.15, -0.1) is 0 Å². The van der Waals surface area contributed by atoms with Crippen molar-refractivity contribution in [2.45, 2.75) is 51.5 Å². The third kappa shape index (κ3) is 5.49. The van der Waals surface area contributed by atoms with Gasteiger partial charge >= 0.3 is 0 Å². The molecule has 28 heavy (non-hydrogen) atoms. The first-order chi connectivity index (χ1) is 13.1. The van der Waals surface area contributed by atoms with Gasteiger partial charge in [-0.2, -0.15) is 0 Å². The summed E-state index contributed by atoms with van der Waals surface area (Å²) in [5, 5.41) is 3.31. The van der Waals surface area contributed by atoms with Crippen molar-refractivity contribution in [1.82, 2.24) is 5.32 Å². The van der Waals surface area contributed by atoms with Crippen LogP contribution in [0.3, 0.4) is 0 Å². The van der Waals surface area contributed by atoms with E-state index in [2.05, 4.69) is 5.32 Å². The number of hydrogen-bond acceptors (Lipinski definition) is 3. The van der Waals surface area contributed by atoms with E-state index in [0.29, 0.717) is 10.7 Å². The Balaban J connectivity index is 2.42. The Morgan fingerprint density at radius 3 is 2.36 bits per heavy atom. The van der Waals surface area contributed by atoms with E-state index >= 15 is 0 Å². The van der Waals surface area contributed by atoms with Gasteiger partial charge < -0.3 is 5.32 Å². The molecule has 0 radical (unpaired) electrons. The second-order valence-electron chi connectivity index (χ2n) is 7.02. The number of carbonyl (C=O) groups is 1. The molecule has 0 saturated heterocycles. The molecule has 0 spiro atoms. The van der Waals surface area contributed by atoms with Crippen LogP contribution in [-0.4, -0.2) is 26.9 Å². The smallest absolute Gasteiger partial charge is 0.264 e. The third-order valence-corrected chi connectivity index (χ3v) is 6.66. The number of hydrogen-bond donors (Lipinski definition) is 1. The van der Waals surface area contributed by atoms with Crippen LogP contribution in [-0.2, 0) is 14.8 Å². The van der Waals surface area contributed by atoms with E-state index in [1.165, 1.54) is 0 Å². The average molecular weight is 423 g/mol. The van der Waals surface area contributed by atoms with Gasteiger partial charge in [0.2, 0.25) is 5.91 Å². The molecule has 0 unspecified atom stereocenters. The van der Waals surface area contributed by atoms with E-state index in [0.717, 1.165) is 28.3 Å². The molecule has 0 aliphatic carbocycles. The highest BCUT2D eigenvalue weighted by atomic mass is 35.5. The summed E-state index contributed by atoms with van der Waals surface area (Å²) in [6.07, 6.45) is 1.76. The monoisotopic (exact) mass is 422 g/mol. The fraction of sp³-hybridized carbons (Fsp3) is 0.381. The SMILES string of the molecule is CCC[C@H](C)NC(=O)CN(c1ccc(C)c(Cl)c1)S(=O)(=O)c1ccc(C)cc1. The molecule has 0 fully saturated rings. The van der Waals surface area contributed by atoms with Crippen molar-refractivity contribution in [1.29, 1.82) is 0 Å². The summed E-state index contributed by atoms with van der Waals surface area (Å²) in [7, 11) is -3.93. The van der Waals surface area contributed by atoms with Crippen LogP contribution in [0.15, 0.2) is 47.4 Å². The molecule has 1 atom stereocenters. The molecule has 0 heterocycles. The average Bonchev–Trinajstić information content (AvgIpc) is 2.62. The molecule has 2 aromatic carbocycles. The minimum absolute atomic E-state index is 0.0250. The van der Waals surface area contributed by atoms with Gasteiger partial charge in [-0.05, 0) is 57.0 Å². The van der Waals surface area contributed by atoms with E-state index in [1.807, 2.05) is 27.7 Å². The maximum atomic E-state index is 13.3. The highest BCUT2D eigenvalue weighted by Gasteiger charge is 2.28. The Kier molecular flexibility index (Phi) is 7.49. The lowest BCUT2D eigenvalue weighted by Gasteiger charge is -2.25. The summed E-state index contributed by atoms with van der Waals surface area (Å²) in [5.74, 6) is -0.353. The number of halogens is 1. The molecule has 5 nitrogen and oxygen atoms in total. The first-order valence-corrected chi connectivity index (χ1v) is 11.1. The van der Waals surface area contributed by atoms with Crippen LogP contribution in [0.25, 0.3) is 0 Å². The minimum atomic E-state index is -3.93. The Hall–Kier alpha value is -2.05. The van der Waals surface area contributed by atoms with E-state index < -0.39 is 10.0 Å². The largest absolute Gasteiger partial charge is 0.352 e. The first kappa shape index (κ1) is 22.2. The van der Waals surface area contributed by atoms with Crippen molar-refractivity contribution in [3.05, 3.63) is 58.6 Å². The van der Waals surface area contributed by atoms with Crippen LogP contribution in [0.2, 0.25) is 5.02 Å². The maximum Gasteiger partial charge on any atom is 0.264 e. The highest BCUT2D eigenvalue weighted by molar-refractivity contribution is 7.92. The minimum Gasteiger partial charge on any atom is -0.352 e. The topological polar surface area (TPSA) is 66.5 Å². The molecule has 0 aliphatic heterocycles. The number of benzene rings is 2. The zero-order chi connectivity index (χ0) is 20.9. The third-order valence-electron chi connectivity index (χ3n) is 4.47. The van der Waals surface area contributed by atoms with Crippen molar-refractivity contribution in [3.8, 4) is 0 Å². The van der Waals surface area contributed by atoms with Gasteiger partial charge in [0.05, 0.1) is 10.6 Å². The maximum absolute atomic E-state index is 13.3. The van der Waals surface area contributed by atoms with Crippen LogP contribution in [0.1, 0.15) is 37.8 Å². The van der Waals surface area contributed by atoms with Gasteiger partial charge in [0.1, 0.15) is 6.54 Å². The van der Waals surface area contributed by atoms with Crippen molar-refractivity contribution in [2.75, 3.05) is 10.8 Å². The van der Waals surface area contributed by atoms with E-state index in [9.17, 15) is 13.2 Å². The van der Waals surface area contributed by atoms with Gasteiger partial charge in [0.25, 0.3) is 10.0 Å². The van der Waals surface area contributed by atoms with Crippen LogP contribution >= 0.6 is 11.6 Å². The lowest BCUT2D eigenvalue weighted by Crippen LogP contribution is -2.43. The van der Waals surface area contributed by atoms with Crippen molar-refractivity contribution in [2.24, 2.45) is 0 Å². The predicted molar refractivity (Wildman–Crippen MR) is 114 cm³/mol. The number of sulfonamides is 1. The molecule has 152 valence electrons. The highest BCUT2D eigenvalue weighted by Crippen LogP contribution is 2.28. The number of aryl methyl sites for hydroxylation is 2. The van der Waals surface area contributed by atoms with Gasteiger partial charge in [-0.25, -0.2) is 8.42 Å². The number of amides is 1. The van der Waals surface area contributed by atoms with Gasteiger partial charge in [-0.1, -0.05) is 48.7 Å². The first-order valence-electron chi connectivity index (χ1n) is 9.30. The molecule has 0 bridgehead atoms. The zero-order valence-corrected chi connectivity index (χ0v) is 18.3. The van der Waals surface area contributed by atoms with E-state index in [1.54, 1.807) is 42.5 Å². The number of carbonyl (C=O) groups excluding carboxylic acids is 1. The van der Waals surface area contributed by atoms with Crippen LogP contribution < -0.4 is 9.62 Å². The molecule has 2 rings (SSSR count). The van der Waals surface area contributed by atoms with E-state index in [4.69, 9.17) is 11.6 Å². The molecule has 0 saturated carbocycles. The lowest BCUT2D eigenvalue weighted by atomic mass is 10.2. The Labute approximate surface area is 172 Å². The van der Waals surface area contributed by atoms with Crippen molar-refractivity contribution < 1.29 is 13.2 Å². The molecular formula is C21H27ClN2O3S. The second kappa shape index (κ2) is 9.43. The molecule has 7 heteroatoms. The molecule has 1 amide bonds. The van der Waals surface area contributed by atoms with E-state index in [-0.39, 0.29) is 23.4 Å². The zero-order valence-electron chi connectivity index (χ0n) is 16.7. The molecule has 0 aromatic heterocycles. The van der Waals surface area contributed by atoms with Crippen molar-refractivity contribution in [3.63, 3.8) is 0 Å². The normalized spacial score (nSPS) is 12.5. The summed E-state index contributed by atoms with van der Waals surface area (Å²) >= 11 is 6.21. The van der Waals surface area contributed by atoms with Gasteiger partial charge in [-0.3, -0.25) is 9.10 Å². The summed E-state index contributed by atoms with van der Waals surface area (Å²) in [6.45, 7) is 7.35. The number of rotatable bonds is 8. The van der Waals surface area contributed by atoms with Crippen molar-refractivity contribution >= 4 is 33.2 Å². The molecular weight excluding hydrogens is 396 g/mol. The standard InChI is InChI=1S/C21H27ClN2O3S/c1-5-6-17(4)23-21(25)14-24(18-10-9-16(3)20(22)13-18)28(26,27)19-11-7-15(2)8-12-19/h7-13,17H,5-6,14H2,1-4H3,(H,23,25)/t17-/m0/s1. The Bertz CT molecular complexity index is 927. The lowest BCUT2D eigenvalue weighted by molar-refractivity contribution is -0.120. The van der Waals surface area contributed by atoms with Crippen LogP contribution in [0, 0.1) is 13.8 Å². The van der Waals surface area contributed by atoms with Gasteiger partial charge in [0, 0.05) is 11.1 Å². The number of anilines is 1. The number of nitrogens with one attached hydrogen (secondary N) is 1. The Morgan fingerprint density at radius 1 is 1.14 bits per heavy atom. The van der Waals surface area contributed by atoms with Gasteiger partial charge in [0.15, 0.2) is 0 Å². The number of nitrogens with zero attached hydrogens (tertiary/aromatic N) is 1. The second-order valence-corrected chi connectivity index (χ2v) is 9.28. The summed E-state index contributed by atoms with van der Waals surface area (Å²) in [6, 6.07) is 11.5. The summed E-state index contributed by atoms with van der Waals surface area (Å²) in [4.78, 5) is 12.7. The van der Waals surface area contributed by atoms with Crippen LogP contribution in [0.5, 0.6) is 0 Å². The molecule has 2 aromatic rings. The van der Waals surface area contributed by atoms with Crippen LogP contribution in [0.4, 0.5) is 5.69 Å². The molecule has 0 aliphatic rings.